The van der Waals surface area contributed by atoms with Gasteiger partial charge in [0.25, 0.3) is 0 Å². The van der Waals surface area contributed by atoms with Crippen molar-refractivity contribution in [2.24, 2.45) is 4.36 Å². The largest absolute Gasteiger partial charge is 0.474 e. The molecule has 0 aliphatic heterocycles. The highest BCUT2D eigenvalue weighted by Gasteiger charge is 2.38. The van der Waals surface area contributed by atoms with Crippen molar-refractivity contribution in [1.29, 1.82) is 0 Å². The lowest BCUT2D eigenvalue weighted by Crippen LogP contribution is -2.20. The molecule has 1 rings (SSSR count). The summed E-state index contributed by atoms with van der Waals surface area (Å²) in [5.74, 6) is -2.03. The standard InChI is InChI=1S/C10H10F3NOS/c1-7-3-5-8(6-4-7)16(2)14-9(15)10(11,12)13/h3-6H,1-2H3. The summed E-state index contributed by atoms with van der Waals surface area (Å²) in [5.41, 5.74) is 1.00. The van der Waals surface area contributed by atoms with E-state index in [1.165, 1.54) is 6.26 Å². The van der Waals surface area contributed by atoms with E-state index >= 15 is 0 Å². The number of rotatable bonds is 1. The number of halogens is 3. The summed E-state index contributed by atoms with van der Waals surface area (Å²) >= 11 is 0. The molecule has 6 heteroatoms. The molecule has 1 unspecified atom stereocenters. The molecule has 2 nitrogen and oxygen atoms in total. The number of alkyl halides is 3. The Bertz CT molecular complexity index is 423. The summed E-state index contributed by atoms with van der Waals surface area (Å²) in [4.78, 5) is 11.2. The summed E-state index contributed by atoms with van der Waals surface area (Å²) in [7, 11) is -1.06. The highest BCUT2D eigenvalue weighted by atomic mass is 32.2. The zero-order valence-corrected chi connectivity index (χ0v) is 9.52. The van der Waals surface area contributed by atoms with Crippen molar-refractivity contribution in [3.63, 3.8) is 0 Å². The fourth-order valence-corrected chi connectivity index (χ4v) is 1.95. The minimum absolute atomic E-state index is 0.614. The van der Waals surface area contributed by atoms with Crippen molar-refractivity contribution in [2.45, 2.75) is 18.0 Å². The van der Waals surface area contributed by atoms with Gasteiger partial charge in [0.1, 0.15) is 0 Å². The van der Waals surface area contributed by atoms with Crippen LogP contribution in [-0.4, -0.2) is 18.3 Å². The van der Waals surface area contributed by atoms with Gasteiger partial charge in [-0.25, -0.2) is 0 Å². The molecule has 0 bridgehead atoms. The van der Waals surface area contributed by atoms with Crippen molar-refractivity contribution in [1.82, 2.24) is 0 Å². The molecule has 0 saturated carbocycles. The molecule has 0 aliphatic carbocycles. The smallest absolute Gasteiger partial charge is 0.261 e. The Morgan fingerprint density at radius 1 is 1.25 bits per heavy atom. The van der Waals surface area contributed by atoms with E-state index < -0.39 is 22.8 Å². The lowest BCUT2D eigenvalue weighted by Gasteiger charge is -2.04. The van der Waals surface area contributed by atoms with Gasteiger partial charge in [-0.2, -0.15) is 17.5 Å². The zero-order chi connectivity index (χ0) is 12.3. The van der Waals surface area contributed by atoms with E-state index in [2.05, 4.69) is 4.36 Å². The maximum absolute atomic E-state index is 12.0. The molecular formula is C10H10F3NOS. The van der Waals surface area contributed by atoms with E-state index in [0.29, 0.717) is 4.90 Å². The van der Waals surface area contributed by atoms with Crippen molar-refractivity contribution >= 4 is 16.6 Å². The Kier molecular flexibility index (Phi) is 3.85. The quantitative estimate of drug-likeness (QED) is 0.752. The number of carbonyl (C=O) groups excluding carboxylic acids is 1. The van der Waals surface area contributed by atoms with Crippen LogP contribution in [0.1, 0.15) is 5.56 Å². The SMILES string of the molecule is Cc1ccc(S(C)=NC(=O)C(F)(F)F)cc1. The molecule has 1 aromatic rings. The predicted molar refractivity (Wildman–Crippen MR) is 56.2 cm³/mol. The Balaban J connectivity index is 2.94. The van der Waals surface area contributed by atoms with Crippen LogP contribution in [0, 0.1) is 6.92 Å². The maximum atomic E-state index is 12.0. The number of carbonyl (C=O) groups is 1. The second-order valence-corrected chi connectivity index (χ2v) is 4.80. The van der Waals surface area contributed by atoms with Gasteiger partial charge < -0.3 is 0 Å². The van der Waals surface area contributed by atoms with Crippen LogP contribution in [0.25, 0.3) is 0 Å². The van der Waals surface area contributed by atoms with Gasteiger partial charge in [-0.3, -0.25) is 4.79 Å². The molecule has 0 aliphatic rings. The molecule has 0 radical (unpaired) electrons. The first-order valence-electron chi connectivity index (χ1n) is 4.36. The number of amides is 1. The molecular weight excluding hydrogens is 239 g/mol. The number of hydrogen-bond acceptors (Lipinski definition) is 1. The third-order valence-corrected chi connectivity index (χ3v) is 3.22. The normalized spacial score (nSPS) is 13.8. The lowest BCUT2D eigenvalue weighted by molar-refractivity contribution is -0.169. The van der Waals surface area contributed by atoms with Gasteiger partial charge >= 0.3 is 12.1 Å². The summed E-state index contributed by atoms with van der Waals surface area (Å²) in [6.45, 7) is 1.87. The monoisotopic (exact) mass is 249 g/mol. The van der Waals surface area contributed by atoms with Crippen molar-refractivity contribution < 1.29 is 18.0 Å². The third kappa shape index (κ3) is 3.44. The minimum atomic E-state index is -4.88. The van der Waals surface area contributed by atoms with Crippen molar-refractivity contribution in [3.8, 4) is 0 Å². The average Bonchev–Trinajstić information content (AvgIpc) is 2.17. The summed E-state index contributed by atoms with van der Waals surface area (Å²) in [5, 5.41) is 0. The van der Waals surface area contributed by atoms with Crippen LogP contribution < -0.4 is 0 Å². The number of benzene rings is 1. The first-order valence-corrected chi connectivity index (χ1v) is 5.95. The van der Waals surface area contributed by atoms with Crippen LogP contribution in [0.2, 0.25) is 0 Å². The molecule has 0 saturated heterocycles. The summed E-state index contributed by atoms with van der Waals surface area (Å²) in [6, 6.07) is 6.88. The molecule has 0 spiro atoms. The van der Waals surface area contributed by atoms with E-state index in [-0.39, 0.29) is 0 Å². The minimum Gasteiger partial charge on any atom is -0.261 e. The first-order chi connectivity index (χ1) is 7.30. The second-order valence-electron chi connectivity index (χ2n) is 3.19. The predicted octanol–water partition coefficient (Wildman–Crippen LogP) is 2.87. The summed E-state index contributed by atoms with van der Waals surface area (Å²) in [6.07, 6.45) is -3.40. The van der Waals surface area contributed by atoms with Gasteiger partial charge in [0.05, 0.1) is 0 Å². The number of nitrogens with zero attached hydrogens (tertiary/aromatic N) is 1. The summed E-state index contributed by atoms with van der Waals surface area (Å²) < 4.78 is 39.0. The van der Waals surface area contributed by atoms with Crippen LogP contribution in [0.5, 0.6) is 0 Å². The molecule has 0 heterocycles. The molecule has 1 amide bonds. The fraction of sp³-hybridized carbons (Fsp3) is 0.300. The fourth-order valence-electron chi connectivity index (χ4n) is 0.964. The van der Waals surface area contributed by atoms with Crippen LogP contribution in [-0.2, 0) is 15.5 Å². The van der Waals surface area contributed by atoms with Gasteiger partial charge in [-0.15, -0.1) is 0 Å². The maximum Gasteiger partial charge on any atom is 0.474 e. The average molecular weight is 249 g/mol. The highest BCUT2D eigenvalue weighted by molar-refractivity contribution is 7.87. The molecule has 1 atom stereocenters. The molecule has 16 heavy (non-hydrogen) atoms. The van der Waals surface area contributed by atoms with E-state index in [1.54, 1.807) is 24.3 Å². The molecule has 0 fully saturated rings. The van der Waals surface area contributed by atoms with Crippen LogP contribution >= 0.6 is 0 Å². The van der Waals surface area contributed by atoms with Gasteiger partial charge in [-0.1, -0.05) is 28.4 Å². The van der Waals surface area contributed by atoms with Crippen molar-refractivity contribution in [3.05, 3.63) is 29.8 Å². The van der Waals surface area contributed by atoms with Crippen LogP contribution in [0.4, 0.5) is 13.2 Å². The van der Waals surface area contributed by atoms with Crippen molar-refractivity contribution in [2.75, 3.05) is 6.26 Å². The van der Waals surface area contributed by atoms with Gasteiger partial charge in [-0.05, 0) is 25.3 Å². The topological polar surface area (TPSA) is 29.4 Å². The van der Waals surface area contributed by atoms with E-state index in [1.807, 2.05) is 6.92 Å². The Morgan fingerprint density at radius 2 is 1.75 bits per heavy atom. The molecule has 88 valence electrons. The number of hydrogen-bond donors (Lipinski definition) is 0. The van der Waals surface area contributed by atoms with Gasteiger partial charge in [0, 0.05) is 4.90 Å². The van der Waals surface area contributed by atoms with Crippen LogP contribution in [0.15, 0.2) is 33.5 Å². The highest BCUT2D eigenvalue weighted by Crippen LogP contribution is 2.18. The molecule has 0 N–H and O–H groups in total. The van der Waals surface area contributed by atoms with Crippen LogP contribution in [0.3, 0.4) is 0 Å². The Hall–Kier alpha value is -1.17. The van der Waals surface area contributed by atoms with Gasteiger partial charge in [0.15, 0.2) is 0 Å². The first kappa shape index (κ1) is 12.9. The molecule has 0 aromatic heterocycles. The van der Waals surface area contributed by atoms with E-state index in [9.17, 15) is 18.0 Å². The molecule has 1 aromatic carbocycles. The zero-order valence-electron chi connectivity index (χ0n) is 8.71. The van der Waals surface area contributed by atoms with E-state index in [0.717, 1.165) is 5.56 Å². The van der Waals surface area contributed by atoms with E-state index in [4.69, 9.17) is 0 Å². The third-order valence-electron chi connectivity index (χ3n) is 1.82. The Labute approximate surface area is 93.6 Å². The number of aryl methyl sites for hydroxylation is 1. The van der Waals surface area contributed by atoms with Gasteiger partial charge in [0.2, 0.25) is 0 Å². The Morgan fingerprint density at radius 3 is 2.19 bits per heavy atom. The lowest BCUT2D eigenvalue weighted by atomic mass is 10.2. The second kappa shape index (κ2) is 4.78.